The number of aryl methyl sites for hydroxylation is 1. The van der Waals surface area contributed by atoms with Crippen LogP contribution in [-0.4, -0.2) is 20.8 Å². The minimum absolute atomic E-state index is 0.199. The summed E-state index contributed by atoms with van der Waals surface area (Å²) in [6.45, 7) is 2.08. The zero-order valence-corrected chi connectivity index (χ0v) is 8.40. The SMILES string of the molecule is CC1CC(=O)C=C(c2cnn(C)n2)C1. The molecule has 0 aliphatic heterocycles. The van der Waals surface area contributed by atoms with Crippen LogP contribution >= 0.6 is 0 Å². The molecule has 0 aromatic carbocycles. The van der Waals surface area contributed by atoms with Gasteiger partial charge in [0.05, 0.1) is 6.20 Å². The van der Waals surface area contributed by atoms with Crippen molar-refractivity contribution in [3.05, 3.63) is 18.0 Å². The van der Waals surface area contributed by atoms with Crippen LogP contribution in [0.3, 0.4) is 0 Å². The highest BCUT2D eigenvalue weighted by atomic mass is 16.1. The summed E-state index contributed by atoms with van der Waals surface area (Å²) in [6, 6.07) is 0. The lowest BCUT2D eigenvalue weighted by atomic mass is 9.88. The van der Waals surface area contributed by atoms with E-state index in [2.05, 4.69) is 17.1 Å². The van der Waals surface area contributed by atoms with E-state index in [4.69, 9.17) is 0 Å². The van der Waals surface area contributed by atoms with Crippen molar-refractivity contribution in [2.45, 2.75) is 19.8 Å². The molecule has 1 aliphatic carbocycles. The van der Waals surface area contributed by atoms with E-state index >= 15 is 0 Å². The molecule has 0 fully saturated rings. The number of hydrogen-bond acceptors (Lipinski definition) is 3. The third-order valence-corrected chi connectivity index (χ3v) is 2.38. The average Bonchev–Trinajstić information content (AvgIpc) is 2.50. The highest BCUT2D eigenvalue weighted by Gasteiger charge is 2.19. The van der Waals surface area contributed by atoms with Gasteiger partial charge in [-0.3, -0.25) is 4.79 Å². The van der Waals surface area contributed by atoms with Crippen LogP contribution in [0, 0.1) is 5.92 Å². The molecular weight excluding hydrogens is 178 g/mol. The van der Waals surface area contributed by atoms with Gasteiger partial charge >= 0.3 is 0 Å². The Morgan fingerprint density at radius 1 is 1.50 bits per heavy atom. The summed E-state index contributed by atoms with van der Waals surface area (Å²) in [5, 5.41) is 8.18. The first kappa shape index (κ1) is 9.12. The lowest BCUT2D eigenvalue weighted by Gasteiger charge is -2.16. The van der Waals surface area contributed by atoms with Gasteiger partial charge in [0.15, 0.2) is 5.78 Å². The number of allylic oxidation sites excluding steroid dienone is 2. The molecule has 1 atom stereocenters. The van der Waals surface area contributed by atoms with Crippen molar-refractivity contribution in [2.75, 3.05) is 0 Å². The van der Waals surface area contributed by atoms with E-state index in [0.717, 1.165) is 17.7 Å². The Hall–Kier alpha value is -1.45. The van der Waals surface area contributed by atoms with Gasteiger partial charge in [0.1, 0.15) is 5.69 Å². The third-order valence-electron chi connectivity index (χ3n) is 2.38. The van der Waals surface area contributed by atoms with Crippen LogP contribution in [0.15, 0.2) is 12.3 Å². The highest BCUT2D eigenvalue weighted by Crippen LogP contribution is 2.27. The molecule has 1 unspecified atom stereocenters. The fourth-order valence-electron chi connectivity index (χ4n) is 1.77. The summed E-state index contributed by atoms with van der Waals surface area (Å²) in [4.78, 5) is 12.8. The van der Waals surface area contributed by atoms with E-state index < -0.39 is 0 Å². The van der Waals surface area contributed by atoms with Crippen LogP contribution in [0.4, 0.5) is 0 Å². The molecule has 0 saturated carbocycles. The predicted octanol–water partition coefficient (Wildman–Crippen LogP) is 1.20. The summed E-state index contributed by atoms with van der Waals surface area (Å²) in [6.07, 6.45) is 4.98. The van der Waals surface area contributed by atoms with Gasteiger partial charge in [-0.25, -0.2) is 0 Å². The quantitative estimate of drug-likeness (QED) is 0.670. The van der Waals surface area contributed by atoms with Gasteiger partial charge in [-0.05, 0) is 24.0 Å². The van der Waals surface area contributed by atoms with Crippen LogP contribution in [0.1, 0.15) is 25.5 Å². The minimum atomic E-state index is 0.199. The maximum atomic E-state index is 11.3. The number of carbonyl (C=O) groups is 1. The molecule has 1 heterocycles. The van der Waals surface area contributed by atoms with E-state index in [0.29, 0.717) is 12.3 Å². The van der Waals surface area contributed by atoms with Gasteiger partial charge < -0.3 is 0 Å². The lowest BCUT2D eigenvalue weighted by molar-refractivity contribution is -0.115. The van der Waals surface area contributed by atoms with E-state index in [9.17, 15) is 4.79 Å². The third kappa shape index (κ3) is 1.73. The van der Waals surface area contributed by atoms with Crippen molar-refractivity contribution in [1.29, 1.82) is 0 Å². The van der Waals surface area contributed by atoms with E-state index in [-0.39, 0.29) is 5.78 Å². The number of hydrogen-bond donors (Lipinski definition) is 0. The molecule has 0 spiro atoms. The Kier molecular flexibility index (Phi) is 2.19. The fraction of sp³-hybridized carbons (Fsp3) is 0.500. The Bertz CT molecular complexity index is 392. The number of nitrogens with zero attached hydrogens (tertiary/aromatic N) is 3. The Balaban J connectivity index is 2.30. The minimum Gasteiger partial charge on any atom is -0.295 e. The molecule has 0 saturated heterocycles. The summed E-state index contributed by atoms with van der Waals surface area (Å²) >= 11 is 0. The topological polar surface area (TPSA) is 47.8 Å². The molecule has 1 aromatic heterocycles. The second kappa shape index (κ2) is 3.36. The van der Waals surface area contributed by atoms with Crippen LogP contribution < -0.4 is 0 Å². The van der Waals surface area contributed by atoms with Gasteiger partial charge in [0, 0.05) is 13.5 Å². The molecule has 0 bridgehead atoms. The molecule has 0 amide bonds. The first-order chi connectivity index (χ1) is 6.65. The van der Waals surface area contributed by atoms with Crippen molar-refractivity contribution in [2.24, 2.45) is 13.0 Å². The van der Waals surface area contributed by atoms with Gasteiger partial charge in [0.2, 0.25) is 0 Å². The number of rotatable bonds is 1. The first-order valence-electron chi connectivity index (χ1n) is 4.75. The first-order valence-corrected chi connectivity index (χ1v) is 4.75. The van der Waals surface area contributed by atoms with E-state index in [1.54, 1.807) is 19.3 Å². The molecule has 4 nitrogen and oxygen atoms in total. The molecule has 2 rings (SSSR count). The van der Waals surface area contributed by atoms with Crippen molar-refractivity contribution in [3.63, 3.8) is 0 Å². The van der Waals surface area contributed by atoms with Crippen LogP contribution in [0.2, 0.25) is 0 Å². The normalized spacial score (nSPS) is 22.3. The number of carbonyl (C=O) groups excluding carboxylic acids is 1. The zero-order valence-electron chi connectivity index (χ0n) is 8.40. The maximum Gasteiger partial charge on any atom is 0.156 e. The standard InChI is InChI=1S/C10H13N3O/c1-7-3-8(5-9(14)4-7)10-6-11-13(2)12-10/h5-7H,3-4H2,1-2H3. The zero-order chi connectivity index (χ0) is 10.1. The Morgan fingerprint density at radius 2 is 2.29 bits per heavy atom. The van der Waals surface area contributed by atoms with Crippen molar-refractivity contribution < 1.29 is 4.79 Å². The van der Waals surface area contributed by atoms with Gasteiger partial charge in [-0.15, -0.1) is 0 Å². The monoisotopic (exact) mass is 191 g/mol. The molecule has 1 aromatic rings. The van der Waals surface area contributed by atoms with E-state index in [1.165, 1.54) is 4.80 Å². The molecule has 4 heteroatoms. The average molecular weight is 191 g/mol. The maximum absolute atomic E-state index is 11.3. The summed E-state index contributed by atoms with van der Waals surface area (Å²) in [5.74, 6) is 0.619. The van der Waals surface area contributed by atoms with Crippen LogP contribution in [0.25, 0.3) is 5.57 Å². The van der Waals surface area contributed by atoms with Gasteiger partial charge in [0.25, 0.3) is 0 Å². The van der Waals surface area contributed by atoms with Gasteiger partial charge in [-0.2, -0.15) is 15.0 Å². The van der Waals surface area contributed by atoms with Crippen LogP contribution in [-0.2, 0) is 11.8 Å². The van der Waals surface area contributed by atoms with Crippen LogP contribution in [0.5, 0.6) is 0 Å². The van der Waals surface area contributed by atoms with Gasteiger partial charge in [-0.1, -0.05) is 6.92 Å². The highest BCUT2D eigenvalue weighted by molar-refractivity contribution is 5.98. The van der Waals surface area contributed by atoms with E-state index in [1.807, 2.05) is 0 Å². The molecule has 74 valence electrons. The van der Waals surface area contributed by atoms with Crippen molar-refractivity contribution >= 4 is 11.4 Å². The lowest BCUT2D eigenvalue weighted by Crippen LogP contribution is -2.11. The number of ketones is 1. The molecule has 14 heavy (non-hydrogen) atoms. The Morgan fingerprint density at radius 3 is 2.86 bits per heavy atom. The summed E-state index contributed by atoms with van der Waals surface area (Å²) in [5.41, 5.74) is 1.84. The summed E-state index contributed by atoms with van der Waals surface area (Å²) in [7, 11) is 1.78. The smallest absolute Gasteiger partial charge is 0.156 e. The van der Waals surface area contributed by atoms with Crippen molar-refractivity contribution in [1.82, 2.24) is 15.0 Å². The van der Waals surface area contributed by atoms with Crippen molar-refractivity contribution in [3.8, 4) is 0 Å². The number of aromatic nitrogens is 3. The second-order valence-corrected chi connectivity index (χ2v) is 3.87. The largest absolute Gasteiger partial charge is 0.295 e. The second-order valence-electron chi connectivity index (χ2n) is 3.87. The summed E-state index contributed by atoms with van der Waals surface area (Å²) < 4.78 is 0. The molecule has 1 aliphatic rings. The fourth-order valence-corrected chi connectivity index (χ4v) is 1.77. The molecule has 0 radical (unpaired) electrons. The predicted molar refractivity (Wildman–Crippen MR) is 52.4 cm³/mol. The molecule has 0 N–H and O–H groups in total. The Labute approximate surface area is 82.6 Å². The molecular formula is C10H13N3O.